The summed E-state index contributed by atoms with van der Waals surface area (Å²) >= 11 is 0. The van der Waals surface area contributed by atoms with Gasteiger partial charge >= 0.3 is 0 Å². The third kappa shape index (κ3) is 5.14. The number of aromatic nitrogens is 2. The highest BCUT2D eigenvalue weighted by Crippen LogP contribution is 2.19. The minimum atomic E-state index is -3.92. The van der Waals surface area contributed by atoms with Crippen molar-refractivity contribution in [1.82, 2.24) is 10.2 Å². The second-order valence-corrected chi connectivity index (χ2v) is 7.84. The van der Waals surface area contributed by atoms with Crippen molar-refractivity contribution >= 4 is 27.3 Å². The maximum Gasteiger partial charge on any atom is 0.278 e. The van der Waals surface area contributed by atoms with Crippen molar-refractivity contribution in [2.45, 2.75) is 25.3 Å². The van der Waals surface area contributed by atoms with E-state index in [1.165, 1.54) is 6.07 Å². The van der Waals surface area contributed by atoms with Crippen LogP contribution >= 0.6 is 0 Å². The number of aromatic amines is 1. The zero-order chi connectivity index (χ0) is 20.9. The van der Waals surface area contributed by atoms with Crippen LogP contribution in [0.3, 0.4) is 0 Å². The average Bonchev–Trinajstić information content (AvgIpc) is 3.21. The predicted molar refractivity (Wildman–Crippen MR) is 111 cm³/mol. The molecule has 3 rings (SSSR count). The summed E-state index contributed by atoms with van der Waals surface area (Å²) in [5, 5.41) is 8.73. The number of carbonyl (C=O) groups excluding carboxylic acids is 1. The fourth-order valence-electron chi connectivity index (χ4n) is 2.62. The first kappa shape index (κ1) is 20.4. The van der Waals surface area contributed by atoms with Crippen molar-refractivity contribution in [2.75, 3.05) is 16.6 Å². The van der Waals surface area contributed by atoms with Crippen LogP contribution in [-0.2, 0) is 16.4 Å². The number of nitrogens with zero attached hydrogens (tertiary/aromatic N) is 1. The second-order valence-electron chi connectivity index (χ2n) is 6.19. The predicted octanol–water partition coefficient (Wildman–Crippen LogP) is 3.42. The average molecular weight is 414 g/mol. The van der Waals surface area contributed by atoms with E-state index < -0.39 is 15.9 Å². The molecule has 152 valence electrons. The van der Waals surface area contributed by atoms with E-state index in [9.17, 15) is 13.2 Å². The summed E-state index contributed by atoms with van der Waals surface area (Å²) in [6.45, 7) is 4.40. The molecule has 0 aliphatic heterocycles. The van der Waals surface area contributed by atoms with Crippen molar-refractivity contribution in [3.63, 3.8) is 0 Å². The van der Waals surface area contributed by atoms with Gasteiger partial charge in [0, 0.05) is 17.4 Å². The van der Waals surface area contributed by atoms with Crippen LogP contribution in [0.25, 0.3) is 0 Å². The van der Waals surface area contributed by atoms with Crippen molar-refractivity contribution in [3.05, 3.63) is 65.9 Å². The lowest BCUT2D eigenvalue weighted by Crippen LogP contribution is -2.14. The van der Waals surface area contributed by atoms with Crippen LogP contribution < -0.4 is 14.8 Å². The Morgan fingerprint density at radius 1 is 1.07 bits per heavy atom. The zero-order valence-corrected chi connectivity index (χ0v) is 16.9. The number of H-pyrrole nitrogens is 1. The van der Waals surface area contributed by atoms with Gasteiger partial charge in [-0.05, 0) is 55.3 Å². The summed E-state index contributed by atoms with van der Waals surface area (Å²) in [5.74, 6) is 0.139. The fourth-order valence-corrected chi connectivity index (χ4v) is 3.61. The molecule has 1 aromatic heterocycles. The van der Waals surface area contributed by atoms with Gasteiger partial charge in [0.15, 0.2) is 10.7 Å². The molecular formula is C20H22N4O4S. The Morgan fingerprint density at radius 2 is 1.83 bits per heavy atom. The van der Waals surface area contributed by atoms with Crippen LogP contribution in [0.5, 0.6) is 5.75 Å². The molecule has 9 heteroatoms. The molecule has 0 radical (unpaired) electrons. The molecule has 0 fully saturated rings. The van der Waals surface area contributed by atoms with Crippen LogP contribution in [0, 0.1) is 0 Å². The van der Waals surface area contributed by atoms with Gasteiger partial charge in [-0.2, -0.15) is 13.5 Å². The summed E-state index contributed by atoms with van der Waals surface area (Å²) in [6.07, 6.45) is 0.839. The Bertz CT molecular complexity index is 1090. The van der Waals surface area contributed by atoms with Gasteiger partial charge in [-0.1, -0.05) is 19.1 Å². The van der Waals surface area contributed by atoms with E-state index >= 15 is 0 Å². The molecule has 0 aliphatic rings. The van der Waals surface area contributed by atoms with E-state index in [1.54, 1.807) is 30.3 Å². The molecule has 2 aromatic carbocycles. The van der Waals surface area contributed by atoms with Gasteiger partial charge in [0.1, 0.15) is 5.75 Å². The minimum Gasteiger partial charge on any atom is -0.494 e. The van der Waals surface area contributed by atoms with E-state index in [1.807, 2.05) is 32.0 Å². The molecule has 3 aromatic rings. The monoisotopic (exact) mass is 414 g/mol. The first-order valence-electron chi connectivity index (χ1n) is 9.12. The van der Waals surface area contributed by atoms with E-state index in [4.69, 9.17) is 4.74 Å². The molecule has 3 N–H and O–H groups in total. The van der Waals surface area contributed by atoms with Gasteiger partial charge in [-0.25, -0.2) is 0 Å². The first-order valence-corrected chi connectivity index (χ1v) is 10.6. The van der Waals surface area contributed by atoms with Crippen LogP contribution in [0.1, 0.15) is 29.9 Å². The maximum atomic E-state index is 12.5. The highest BCUT2D eigenvalue weighted by atomic mass is 32.2. The number of carbonyl (C=O) groups is 1. The Hall–Kier alpha value is -3.33. The maximum absolute atomic E-state index is 12.5. The number of rotatable bonds is 8. The van der Waals surface area contributed by atoms with E-state index in [-0.39, 0.29) is 10.7 Å². The van der Waals surface area contributed by atoms with Gasteiger partial charge in [0.2, 0.25) is 0 Å². The lowest BCUT2D eigenvalue weighted by Gasteiger charge is -2.07. The number of hydrogen-bond donors (Lipinski definition) is 3. The molecule has 0 atom stereocenters. The van der Waals surface area contributed by atoms with Crippen LogP contribution in [0.15, 0.2) is 59.6 Å². The number of amides is 1. The molecule has 8 nitrogen and oxygen atoms in total. The Morgan fingerprint density at radius 3 is 2.52 bits per heavy atom. The number of anilines is 2. The Labute approximate surface area is 169 Å². The largest absolute Gasteiger partial charge is 0.494 e. The van der Waals surface area contributed by atoms with Gasteiger partial charge in [-0.15, -0.1) is 0 Å². The molecule has 0 saturated heterocycles. The third-order valence-corrected chi connectivity index (χ3v) is 5.38. The van der Waals surface area contributed by atoms with Crippen LogP contribution in [-0.4, -0.2) is 31.1 Å². The molecule has 0 aliphatic carbocycles. The zero-order valence-electron chi connectivity index (χ0n) is 16.1. The number of hydrogen-bond acceptors (Lipinski definition) is 5. The second kappa shape index (κ2) is 8.78. The summed E-state index contributed by atoms with van der Waals surface area (Å²) < 4.78 is 32.9. The summed E-state index contributed by atoms with van der Waals surface area (Å²) in [6, 6.07) is 15.1. The normalized spacial score (nSPS) is 11.1. The van der Waals surface area contributed by atoms with Crippen molar-refractivity contribution in [2.24, 2.45) is 0 Å². The van der Waals surface area contributed by atoms with Crippen LogP contribution in [0.4, 0.5) is 11.4 Å². The van der Waals surface area contributed by atoms with Crippen molar-refractivity contribution < 1.29 is 17.9 Å². The summed E-state index contributed by atoms with van der Waals surface area (Å²) in [5.41, 5.74) is 2.03. The number of benzene rings is 2. The lowest BCUT2D eigenvalue weighted by molar-refractivity contribution is 0.102. The molecule has 1 heterocycles. The first-order chi connectivity index (χ1) is 13.9. The SMILES string of the molecule is CCOc1ccc(NS(=O)(=O)c2cc(C(=O)Nc3cccc(CC)c3)n[nH]2)cc1. The van der Waals surface area contributed by atoms with Crippen LogP contribution in [0.2, 0.25) is 0 Å². The lowest BCUT2D eigenvalue weighted by atomic mass is 10.1. The van der Waals surface area contributed by atoms with Crippen molar-refractivity contribution in [1.29, 1.82) is 0 Å². The Balaban J connectivity index is 1.71. The quantitative estimate of drug-likeness (QED) is 0.523. The number of aryl methyl sites for hydroxylation is 1. The molecule has 1 amide bonds. The van der Waals surface area contributed by atoms with Gasteiger partial charge in [0.25, 0.3) is 15.9 Å². The number of ether oxygens (including phenoxy) is 1. The highest BCUT2D eigenvalue weighted by molar-refractivity contribution is 7.92. The molecular weight excluding hydrogens is 392 g/mol. The third-order valence-electron chi connectivity index (χ3n) is 4.09. The van der Waals surface area contributed by atoms with E-state index in [2.05, 4.69) is 20.2 Å². The number of nitrogens with one attached hydrogen (secondary N) is 3. The van der Waals surface area contributed by atoms with Gasteiger partial charge in [-0.3, -0.25) is 14.6 Å². The summed E-state index contributed by atoms with van der Waals surface area (Å²) in [4.78, 5) is 12.4. The standard InChI is InChI=1S/C20H22N4O4S/c1-3-14-6-5-7-16(12-14)21-20(25)18-13-19(23-22-18)29(26,27)24-15-8-10-17(11-9-15)28-4-2/h5-13,24H,3-4H2,1-2H3,(H,21,25)(H,22,23). The minimum absolute atomic E-state index is 0.0287. The summed E-state index contributed by atoms with van der Waals surface area (Å²) in [7, 11) is -3.92. The Kier molecular flexibility index (Phi) is 6.18. The van der Waals surface area contributed by atoms with Gasteiger partial charge < -0.3 is 10.1 Å². The van der Waals surface area contributed by atoms with Gasteiger partial charge in [0.05, 0.1) is 6.61 Å². The smallest absolute Gasteiger partial charge is 0.278 e. The molecule has 0 spiro atoms. The fraction of sp³-hybridized carbons (Fsp3) is 0.200. The molecule has 0 unspecified atom stereocenters. The molecule has 29 heavy (non-hydrogen) atoms. The van der Waals surface area contributed by atoms with E-state index in [0.717, 1.165) is 12.0 Å². The highest BCUT2D eigenvalue weighted by Gasteiger charge is 2.20. The molecule has 0 saturated carbocycles. The molecule has 0 bridgehead atoms. The number of sulfonamides is 1. The topological polar surface area (TPSA) is 113 Å². The van der Waals surface area contributed by atoms with E-state index in [0.29, 0.717) is 23.7 Å². The van der Waals surface area contributed by atoms with Crippen molar-refractivity contribution in [3.8, 4) is 5.75 Å².